The predicted octanol–water partition coefficient (Wildman–Crippen LogP) is 5.80. The molecule has 0 aliphatic carbocycles. The number of amides is 1. The summed E-state index contributed by atoms with van der Waals surface area (Å²) < 4.78 is 5.85. The van der Waals surface area contributed by atoms with Crippen LogP contribution in [0.5, 0.6) is 0 Å². The minimum atomic E-state index is -0.00347. The van der Waals surface area contributed by atoms with Crippen molar-refractivity contribution in [1.82, 2.24) is 5.32 Å². The lowest BCUT2D eigenvalue weighted by Crippen LogP contribution is -2.28. The molecule has 0 fully saturated rings. The molecule has 1 unspecified atom stereocenters. The minimum Gasteiger partial charge on any atom is -0.461 e. The summed E-state index contributed by atoms with van der Waals surface area (Å²) >= 11 is 5.93. The second-order valence-corrected chi connectivity index (χ2v) is 6.65. The monoisotopic (exact) mass is 367 g/mol. The zero-order valence-electron chi connectivity index (χ0n) is 14.7. The number of hydrogen-bond acceptors (Lipinski definition) is 2. The summed E-state index contributed by atoms with van der Waals surface area (Å²) in [5.74, 6) is 1.66. The van der Waals surface area contributed by atoms with Gasteiger partial charge in [0.2, 0.25) is 5.91 Å². The third-order valence-electron chi connectivity index (χ3n) is 4.33. The van der Waals surface area contributed by atoms with E-state index in [9.17, 15) is 4.79 Å². The molecule has 1 N–H and O–H groups in total. The van der Waals surface area contributed by atoms with Gasteiger partial charge in [-0.3, -0.25) is 4.79 Å². The predicted molar refractivity (Wildman–Crippen MR) is 105 cm³/mol. The van der Waals surface area contributed by atoms with Crippen LogP contribution in [-0.4, -0.2) is 5.91 Å². The Balaban J connectivity index is 1.55. The molecular formula is C22H22ClNO2. The van der Waals surface area contributed by atoms with Crippen molar-refractivity contribution in [2.24, 2.45) is 0 Å². The zero-order valence-corrected chi connectivity index (χ0v) is 15.5. The molecule has 3 nitrogen and oxygen atoms in total. The van der Waals surface area contributed by atoms with E-state index in [1.807, 2.05) is 66.7 Å². The zero-order chi connectivity index (χ0) is 18.4. The van der Waals surface area contributed by atoms with Crippen molar-refractivity contribution < 1.29 is 9.21 Å². The van der Waals surface area contributed by atoms with Crippen LogP contribution in [0.2, 0.25) is 5.02 Å². The summed E-state index contributed by atoms with van der Waals surface area (Å²) in [7, 11) is 0. The van der Waals surface area contributed by atoms with Crippen molar-refractivity contribution in [1.29, 1.82) is 0 Å². The van der Waals surface area contributed by atoms with E-state index in [1.165, 1.54) is 0 Å². The minimum absolute atomic E-state index is 0.00347. The Bertz CT molecular complexity index is 840. The van der Waals surface area contributed by atoms with Crippen molar-refractivity contribution in [2.45, 2.75) is 32.2 Å². The fraction of sp³-hybridized carbons (Fsp3) is 0.227. The highest BCUT2D eigenvalue weighted by molar-refractivity contribution is 6.30. The maximum Gasteiger partial charge on any atom is 0.220 e. The van der Waals surface area contributed by atoms with Crippen LogP contribution in [0.4, 0.5) is 0 Å². The summed E-state index contributed by atoms with van der Waals surface area (Å²) in [6.07, 6.45) is 1.80. The van der Waals surface area contributed by atoms with Crippen LogP contribution >= 0.6 is 11.6 Å². The maximum atomic E-state index is 12.3. The molecule has 0 spiro atoms. The summed E-state index contributed by atoms with van der Waals surface area (Å²) in [6, 6.07) is 21.4. The highest BCUT2D eigenvalue weighted by atomic mass is 35.5. The van der Waals surface area contributed by atoms with Crippen LogP contribution in [0.15, 0.2) is 71.1 Å². The van der Waals surface area contributed by atoms with Crippen LogP contribution in [-0.2, 0) is 11.2 Å². The number of nitrogens with one attached hydrogen (secondary N) is 1. The normalized spacial score (nSPS) is 11.9. The van der Waals surface area contributed by atoms with Crippen molar-refractivity contribution in [3.63, 3.8) is 0 Å². The van der Waals surface area contributed by atoms with Gasteiger partial charge < -0.3 is 9.73 Å². The van der Waals surface area contributed by atoms with Gasteiger partial charge in [0.25, 0.3) is 0 Å². The number of carbonyl (C=O) groups is 1. The Morgan fingerprint density at radius 2 is 1.77 bits per heavy atom. The fourth-order valence-electron chi connectivity index (χ4n) is 2.89. The molecule has 2 aromatic carbocycles. The number of hydrogen-bond donors (Lipinski definition) is 1. The first-order valence-corrected chi connectivity index (χ1v) is 9.22. The lowest BCUT2D eigenvalue weighted by atomic mass is 10.0. The van der Waals surface area contributed by atoms with E-state index >= 15 is 0 Å². The molecular weight excluding hydrogens is 346 g/mol. The first-order valence-electron chi connectivity index (χ1n) is 8.84. The van der Waals surface area contributed by atoms with Gasteiger partial charge in [-0.25, -0.2) is 0 Å². The standard InChI is InChI=1S/C22H22ClNO2/c1-2-20(16-8-10-18(23)11-9-16)24-22(25)15-13-19-12-14-21(26-19)17-6-4-3-5-7-17/h3-12,14,20H,2,13,15H2,1H3,(H,24,25). The Hall–Kier alpha value is -2.52. The molecule has 1 aromatic heterocycles. The SMILES string of the molecule is CCC(NC(=O)CCc1ccc(-c2ccccc2)o1)c1ccc(Cl)cc1. The molecule has 0 bridgehead atoms. The average molecular weight is 368 g/mol. The molecule has 134 valence electrons. The van der Waals surface area contributed by atoms with Crippen LogP contribution in [0.25, 0.3) is 11.3 Å². The molecule has 0 saturated carbocycles. The van der Waals surface area contributed by atoms with Gasteiger partial charge in [-0.2, -0.15) is 0 Å². The van der Waals surface area contributed by atoms with E-state index in [4.69, 9.17) is 16.0 Å². The number of benzene rings is 2. The molecule has 0 radical (unpaired) electrons. The van der Waals surface area contributed by atoms with E-state index < -0.39 is 0 Å². The Labute approximate surface area is 159 Å². The van der Waals surface area contributed by atoms with Gasteiger partial charge >= 0.3 is 0 Å². The van der Waals surface area contributed by atoms with Gasteiger partial charge in [-0.1, -0.05) is 61.0 Å². The largest absolute Gasteiger partial charge is 0.461 e. The molecule has 3 rings (SSSR count). The highest BCUT2D eigenvalue weighted by Crippen LogP contribution is 2.23. The van der Waals surface area contributed by atoms with Crippen molar-refractivity contribution >= 4 is 17.5 Å². The Kier molecular flexibility index (Phi) is 6.13. The second kappa shape index (κ2) is 8.72. The summed E-state index contributed by atoms with van der Waals surface area (Å²) in [6.45, 7) is 2.05. The van der Waals surface area contributed by atoms with Crippen molar-refractivity contribution in [2.75, 3.05) is 0 Å². The maximum absolute atomic E-state index is 12.3. The summed E-state index contributed by atoms with van der Waals surface area (Å²) in [4.78, 5) is 12.3. The molecule has 26 heavy (non-hydrogen) atoms. The third-order valence-corrected chi connectivity index (χ3v) is 4.59. The van der Waals surface area contributed by atoms with Gasteiger partial charge in [0.1, 0.15) is 11.5 Å². The van der Waals surface area contributed by atoms with Gasteiger partial charge in [-0.05, 0) is 36.2 Å². The van der Waals surface area contributed by atoms with Crippen LogP contribution in [0.1, 0.15) is 37.1 Å². The average Bonchev–Trinajstić information content (AvgIpc) is 3.15. The third kappa shape index (κ3) is 4.77. The summed E-state index contributed by atoms with van der Waals surface area (Å²) in [5, 5.41) is 3.78. The summed E-state index contributed by atoms with van der Waals surface area (Å²) in [5.41, 5.74) is 2.10. The number of furan rings is 1. The molecule has 1 heterocycles. The van der Waals surface area contributed by atoms with E-state index in [1.54, 1.807) is 0 Å². The molecule has 0 saturated heterocycles. The Morgan fingerprint density at radius 1 is 1.04 bits per heavy atom. The van der Waals surface area contributed by atoms with Gasteiger partial charge in [-0.15, -0.1) is 0 Å². The molecule has 1 atom stereocenters. The molecule has 3 aromatic rings. The number of aryl methyl sites for hydroxylation is 1. The smallest absolute Gasteiger partial charge is 0.220 e. The first kappa shape index (κ1) is 18.3. The number of rotatable bonds is 7. The van der Waals surface area contributed by atoms with E-state index in [2.05, 4.69) is 12.2 Å². The fourth-order valence-corrected chi connectivity index (χ4v) is 3.02. The molecule has 1 amide bonds. The topological polar surface area (TPSA) is 42.2 Å². The lowest BCUT2D eigenvalue weighted by molar-refractivity contribution is -0.121. The van der Waals surface area contributed by atoms with E-state index in [0.717, 1.165) is 29.1 Å². The van der Waals surface area contributed by atoms with Crippen molar-refractivity contribution in [3.05, 3.63) is 83.1 Å². The van der Waals surface area contributed by atoms with Crippen molar-refractivity contribution in [3.8, 4) is 11.3 Å². The van der Waals surface area contributed by atoms with Crippen LogP contribution in [0.3, 0.4) is 0 Å². The number of halogens is 1. The van der Waals surface area contributed by atoms with Gasteiger partial charge in [0.15, 0.2) is 0 Å². The van der Waals surface area contributed by atoms with Gasteiger partial charge in [0, 0.05) is 23.4 Å². The number of carbonyl (C=O) groups excluding carboxylic acids is 1. The van der Waals surface area contributed by atoms with E-state index in [-0.39, 0.29) is 11.9 Å². The van der Waals surface area contributed by atoms with Gasteiger partial charge in [0.05, 0.1) is 6.04 Å². The highest BCUT2D eigenvalue weighted by Gasteiger charge is 2.13. The lowest BCUT2D eigenvalue weighted by Gasteiger charge is -2.17. The second-order valence-electron chi connectivity index (χ2n) is 6.21. The molecule has 4 heteroatoms. The Morgan fingerprint density at radius 3 is 2.46 bits per heavy atom. The van der Waals surface area contributed by atoms with E-state index in [0.29, 0.717) is 17.9 Å². The quantitative estimate of drug-likeness (QED) is 0.573. The molecule has 0 aliphatic heterocycles. The van der Waals surface area contributed by atoms with Crippen LogP contribution in [0, 0.1) is 0 Å². The molecule has 0 aliphatic rings. The first-order chi connectivity index (χ1) is 12.7. The van der Waals surface area contributed by atoms with Crippen LogP contribution < -0.4 is 5.32 Å².